The molecule has 2 heteroatoms. The second-order valence-corrected chi connectivity index (χ2v) is 18.6. The Morgan fingerprint density at radius 3 is 2.11 bits per heavy atom. The molecule has 0 unspecified atom stereocenters. The number of fused-ring (bicyclic) bond motifs is 2. The Morgan fingerprint density at radius 1 is 0.842 bits per heavy atom. The maximum atomic E-state index is 6.15. The first kappa shape index (κ1) is 13.3. The van der Waals surface area contributed by atoms with Crippen molar-refractivity contribution >= 4 is 49.3 Å². The summed E-state index contributed by atoms with van der Waals surface area (Å²) in [5.74, 6) is 0. The molecule has 0 nitrogen and oxygen atoms in total. The van der Waals surface area contributed by atoms with Crippen molar-refractivity contribution in [3.8, 4) is 0 Å². The monoisotopic (exact) mass is 376 g/mol. The van der Waals surface area contributed by atoms with E-state index in [0.29, 0.717) is 0 Å². The number of hydrogen-bond donors (Lipinski definition) is 0. The minimum absolute atomic E-state index is 0.827. The van der Waals surface area contributed by atoms with Gasteiger partial charge in [-0.15, -0.1) is 0 Å². The van der Waals surface area contributed by atoms with Gasteiger partial charge < -0.3 is 0 Å². The van der Waals surface area contributed by atoms with E-state index in [1.54, 1.807) is 3.58 Å². The third kappa shape index (κ3) is 2.25. The van der Waals surface area contributed by atoms with Crippen LogP contribution in [0.2, 0.25) is 14.9 Å². The molecule has 0 amide bonds. The second-order valence-electron chi connectivity index (χ2n) is 5.78. The van der Waals surface area contributed by atoms with Gasteiger partial charge in [-0.05, 0) is 0 Å². The van der Waals surface area contributed by atoms with Crippen LogP contribution in [0.5, 0.6) is 0 Å². The van der Waals surface area contributed by atoms with Gasteiger partial charge in [0.1, 0.15) is 0 Å². The van der Waals surface area contributed by atoms with E-state index < -0.39 is 18.4 Å². The van der Waals surface area contributed by atoms with E-state index >= 15 is 0 Å². The van der Waals surface area contributed by atoms with Crippen LogP contribution in [-0.4, -0.2) is 18.4 Å². The molecule has 1 heterocycles. The Balaban J connectivity index is 2.31. The zero-order chi connectivity index (χ0) is 13.6. The third-order valence-electron chi connectivity index (χ3n) is 4.01. The summed E-state index contributed by atoms with van der Waals surface area (Å²) in [6.07, 6.45) is 4.48. The zero-order valence-corrected chi connectivity index (χ0v) is 15.1. The van der Waals surface area contributed by atoms with E-state index in [-0.39, 0.29) is 0 Å². The summed E-state index contributed by atoms with van der Waals surface area (Å²) in [5.41, 5.74) is 4.03. The molecule has 0 bridgehead atoms. The quantitative estimate of drug-likeness (QED) is 0.612. The summed E-state index contributed by atoms with van der Waals surface area (Å²) in [4.78, 5) is 4.98. The van der Waals surface area contributed by atoms with Crippen molar-refractivity contribution < 1.29 is 0 Å². The van der Waals surface area contributed by atoms with Gasteiger partial charge in [-0.3, -0.25) is 0 Å². The second kappa shape index (κ2) is 4.67. The van der Waals surface area contributed by atoms with Gasteiger partial charge in [0.15, 0.2) is 0 Å². The molecule has 1 aliphatic heterocycles. The standard InChI is InChI=1S/C15H11Cl.2CH3.Sn/c1-12-4-2-5-13(10-12)8-9-14-6-3-7-15(16)11-14;;;/h2-4,7-11H,1H3;2*1H3;. The van der Waals surface area contributed by atoms with Crippen LogP contribution in [-0.2, 0) is 0 Å². The molecule has 19 heavy (non-hydrogen) atoms. The Labute approximate surface area is 124 Å². The number of benzene rings is 2. The third-order valence-corrected chi connectivity index (χ3v) is 14.5. The fourth-order valence-corrected chi connectivity index (χ4v) is 11.8. The molecule has 2 aromatic rings. The molecule has 0 atom stereocenters. The molecule has 0 radical (unpaired) electrons. The molecule has 0 aliphatic carbocycles. The van der Waals surface area contributed by atoms with E-state index in [2.05, 4.69) is 59.3 Å². The number of rotatable bonds is 0. The first-order valence-corrected chi connectivity index (χ1v) is 15.5. The Morgan fingerprint density at radius 2 is 1.42 bits per heavy atom. The summed E-state index contributed by atoms with van der Waals surface area (Å²) in [7, 11) is 0. The van der Waals surface area contributed by atoms with Gasteiger partial charge in [0, 0.05) is 0 Å². The average Bonchev–Trinajstić information content (AvgIpc) is 2.45. The minimum atomic E-state index is -2.49. The van der Waals surface area contributed by atoms with E-state index in [0.717, 1.165) is 5.02 Å². The van der Waals surface area contributed by atoms with Crippen molar-refractivity contribution in [2.45, 2.75) is 16.8 Å². The summed E-state index contributed by atoms with van der Waals surface area (Å²) < 4.78 is 3.12. The average molecular weight is 375 g/mol. The fraction of sp³-hybridized carbons (Fsp3) is 0.176. The van der Waals surface area contributed by atoms with Crippen LogP contribution >= 0.6 is 11.6 Å². The molecular weight excluding hydrogens is 358 g/mol. The molecule has 0 fully saturated rings. The zero-order valence-electron chi connectivity index (χ0n) is 11.5. The topological polar surface area (TPSA) is 0 Å². The number of halogens is 1. The Kier molecular flexibility index (Phi) is 3.26. The predicted molar refractivity (Wildman–Crippen MR) is 88.3 cm³/mol. The molecule has 1 aliphatic rings. The van der Waals surface area contributed by atoms with Crippen LogP contribution in [0.3, 0.4) is 0 Å². The van der Waals surface area contributed by atoms with Crippen LogP contribution in [0.25, 0.3) is 12.2 Å². The van der Waals surface area contributed by atoms with E-state index in [1.165, 1.54) is 20.3 Å². The van der Waals surface area contributed by atoms with Crippen molar-refractivity contribution in [1.29, 1.82) is 0 Å². The van der Waals surface area contributed by atoms with Crippen molar-refractivity contribution in [3.05, 3.63) is 58.1 Å². The van der Waals surface area contributed by atoms with Gasteiger partial charge in [0.05, 0.1) is 0 Å². The molecule has 2 aromatic carbocycles. The van der Waals surface area contributed by atoms with Crippen LogP contribution in [0.15, 0.2) is 36.4 Å². The first-order valence-electron chi connectivity index (χ1n) is 6.58. The molecule has 0 saturated heterocycles. The van der Waals surface area contributed by atoms with Gasteiger partial charge >= 0.3 is 124 Å². The molecule has 0 aromatic heterocycles. The fourth-order valence-electron chi connectivity index (χ4n) is 2.95. The molecule has 0 saturated carbocycles. The molecular formula is C17H17ClSn. The normalized spacial score (nSPS) is 15.6. The van der Waals surface area contributed by atoms with Gasteiger partial charge in [0.2, 0.25) is 0 Å². The van der Waals surface area contributed by atoms with Crippen molar-refractivity contribution in [1.82, 2.24) is 0 Å². The summed E-state index contributed by atoms with van der Waals surface area (Å²) in [5, 5.41) is 0.827. The molecule has 3 rings (SSSR count). The van der Waals surface area contributed by atoms with Crippen molar-refractivity contribution in [2.24, 2.45) is 0 Å². The predicted octanol–water partition coefficient (Wildman–Crippen LogP) is 3.95. The molecule has 0 spiro atoms. The van der Waals surface area contributed by atoms with Gasteiger partial charge in [-0.1, -0.05) is 0 Å². The first-order chi connectivity index (χ1) is 8.98. The van der Waals surface area contributed by atoms with Gasteiger partial charge in [-0.25, -0.2) is 0 Å². The SMILES string of the molecule is Cc1cc[c]2c(c1)C=Cc1cc(Cl)cc[c]1[Sn]2([CH3])[CH3]. The van der Waals surface area contributed by atoms with Crippen LogP contribution in [0.4, 0.5) is 0 Å². The van der Waals surface area contributed by atoms with Crippen LogP contribution in [0.1, 0.15) is 16.7 Å². The van der Waals surface area contributed by atoms with E-state index in [4.69, 9.17) is 11.6 Å². The molecule has 96 valence electrons. The number of aryl methyl sites for hydroxylation is 1. The summed E-state index contributed by atoms with van der Waals surface area (Å²) in [6.45, 7) is 2.16. The maximum absolute atomic E-state index is 6.15. The van der Waals surface area contributed by atoms with E-state index in [1.807, 2.05) is 6.07 Å². The van der Waals surface area contributed by atoms with Crippen molar-refractivity contribution in [2.75, 3.05) is 0 Å². The van der Waals surface area contributed by atoms with E-state index in [9.17, 15) is 0 Å². The van der Waals surface area contributed by atoms with Crippen molar-refractivity contribution in [3.63, 3.8) is 0 Å². The van der Waals surface area contributed by atoms with Gasteiger partial charge in [0.25, 0.3) is 0 Å². The van der Waals surface area contributed by atoms with Crippen LogP contribution in [0, 0.1) is 6.92 Å². The summed E-state index contributed by atoms with van der Waals surface area (Å²) in [6, 6.07) is 13.3. The van der Waals surface area contributed by atoms with Crippen LogP contribution < -0.4 is 7.16 Å². The summed E-state index contributed by atoms with van der Waals surface area (Å²) >= 11 is 3.66. The van der Waals surface area contributed by atoms with Gasteiger partial charge in [-0.2, -0.15) is 0 Å². The number of hydrogen-bond acceptors (Lipinski definition) is 0. The Bertz CT molecular complexity index is 626. The molecule has 0 N–H and O–H groups in total. The Hall–Kier alpha value is -0.731.